The molecule has 0 bridgehead atoms. The van der Waals surface area contributed by atoms with Crippen LogP contribution in [0.1, 0.15) is 11.1 Å². The van der Waals surface area contributed by atoms with Gasteiger partial charge in [-0.25, -0.2) is 0 Å². The van der Waals surface area contributed by atoms with Gasteiger partial charge in [0.15, 0.2) is 0 Å². The van der Waals surface area contributed by atoms with Gasteiger partial charge < -0.3 is 10.1 Å². The smallest absolute Gasteiger partial charge is 0.234 e. The summed E-state index contributed by atoms with van der Waals surface area (Å²) in [5.74, 6) is 0.919. The lowest BCUT2D eigenvalue weighted by atomic mass is 9.99. The molecule has 0 saturated carbocycles. The lowest BCUT2D eigenvalue weighted by Gasteiger charge is -2.28. The molecule has 1 aliphatic rings. The predicted molar refractivity (Wildman–Crippen MR) is 75.2 cm³/mol. The summed E-state index contributed by atoms with van der Waals surface area (Å²) in [4.78, 5) is 13.8. The number of carbonyl (C=O) groups excluding carboxylic acids is 1. The van der Waals surface area contributed by atoms with Gasteiger partial charge in [0.2, 0.25) is 5.91 Å². The first-order valence-electron chi connectivity index (χ1n) is 6.48. The van der Waals surface area contributed by atoms with Gasteiger partial charge in [-0.2, -0.15) is 0 Å². The first-order chi connectivity index (χ1) is 9.22. The number of carbonyl (C=O) groups is 1. The molecule has 0 saturated heterocycles. The zero-order valence-electron chi connectivity index (χ0n) is 11.3. The summed E-state index contributed by atoms with van der Waals surface area (Å²) in [5, 5.41) is 2.80. The molecule has 0 radical (unpaired) electrons. The number of ether oxygens (including phenoxy) is 1. The second kappa shape index (κ2) is 6.38. The zero-order valence-corrected chi connectivity index (χ0v) is 11.3. The minimum Gasteiger partial charge on any atom is -0.497 e. The predicted octanol–water partition coefficient (Wildman–Crippen LogP) is 1.36. The van der Waals surface area contributed by atoms with Crippen molar-refractivity contribution in [1.82, 2.24) is 10.2 Å². The molecular formula is C15H20N2O2. The highest BCUT2D eigenvalue weighted by Gasteiger charge is 2.18. The topological polar surface area (TPSA) is 41.6 Å². The van der Waals surface area contributed by atoms with E-state index in [1.165, 1.54) is 11.1 Å². The van der Waals surface area contributed by atoms with E-state index in [4.69, 9.17) is 4.74 Å². The molecule has 0 aliphatic carbocycles. The molecule has 1 heterocycles. The first-order valence-corrected chi connectivity index (χ1v) is 6.48. The van der Waals surface area contributed by atoms with Crippen molar-refractivity contribution in [3.8, 4) is 5.75 Å². The number of hydrogen-bond donors (Lipinski definition) is 1. The molecule has 1 N–H and O–H groups in total. The lowest BCUT2D eigenvalue weighted by molar-refractivity contribution is -0.122. The molecule has 4 heteroatoms. The van der Waals surface area contributed by atoms with Gasteiger partial charge in [0.05, 0.1) is 13.7 Å². The minimum atomic E-state index is 0.0475. The molecule has 0 fully saturated rings. The number of rotatable bonds is 5. The van der Waals surface area contributed by atoms with Crippen LogP contribution in [-0.2, 0) is 17.8 Å². The summed E-state index contributed by atoms with van der Waals surface area (Å²) < 4.78 is 5.24. The van der Waals surface area contributed by atoms with Gasteiger partial charge in [0, 0.05) is 19.6 Å². The second-order valence-corrected chi connectivity index (χ2v) is 4.69. The number of hydrogen-bond acceptors (Lipinski definition) is 3. The largest absolute Gasteiger partial charge is 0.497 e. The Bertz CT molecular complexity index is 471. The van der Waals surface area contributed by atoms with Gasteiger partial charge in [0.25, 0.3) is 0 Å². The molecule has 4 nitrogen and oxygen atoms in total. The van der Waals surface area contributed by atoms with Gasteiger partial charge in [0.1, 0.15) is 5.75 Å². The first kappa shape index (κ1) is 13.6. The quantitative estimate of drug-likeness (QED) is 0.813. The van der Waals surface area contributed by atoms with Gasteiger partial charge in [-0.1, -0.05) is 12.1 Å². The van der Waals surface area contributed by atoms with E-state index >= 15 is 0 Å². The van der Waals surface area contributed by atoms with Gasteiger partial charge in [-0.3, -0.25) is 9.69 Å². The number of methoxy groups -OCH3 is 1. The van der Waals surface area contributed by atoms with Crippen molar-refractivity contribution in [3.63, 3.8) is 0 Å². The SMILES string of the molecule is C=CCNC(=O)CN1CCc2ccc(OC)cc2C1. The molecule has 1 aromatic carbocycles. The van der Waals surface area contributed by atoms with E-state index in [1.807, 2.05) is 6.07 Å². The van der Waals surface area contributed by atoms with E-state index in [2.05, 4.69) is 28.9 Å². The molecule has 1 amide bonds. The molecule has 0 aromatic heterocycles. The van der Waals surface area contributed by atoms with Crippen LogP contribution in [0.15, 0.2) is 30.9 Å². The van der Waals surface area contributed by atoms with Crippen molar-refractivity contribution >= 4 is 5.91 Å². The fourth-order valence-corrected chi connectivity index (χ4v) is 2.30. The number of nitrogens with one attached hydrogen (secondary N) is 1. The number of amides is 1. The van der Waals surface area contributed by atoms with Crippen molar-refractivity contribution < 1.29 is 9.53 Å². The van der Waals surface area contributed by atoms with Crippen LogP contribution in [0.25, 0.3) is 0 Å². The van der Waals surface area contributed by atoms with Crippen LogP contribution in [0.4, 0.5) is 0 Å². The van der Waals surface area contributed by atoms with Crippen LogP contribution in [-0.4, -0.2) is 37.6 Å². The Morgan fingerprint density at radius 1 is 1.53 bits per heavy atom. The monoisotopic (exact) mass is 260 g/mol. The lowest BCUT2D eigenvalue weighted by Crippen LogP contribution is -2.39. The van der Waals surface area contributed by atoms with E-state index in [1.54, 1.807) is 13.2 Å². The third-order valence-corrected chi connectivity index (χ3v) is 3.32. The van der Waals surface area contributed by atoms with Crippen molar-refractivity contribution in [3.05, 3.63) is 42.0 Å². The molecule has 1 aromatic rings. The van der Waals surface area contributed by atoms with Crippen LogP contribution in [0.5, 0.6) is 5.75 Å². The van der Waals surface area contributed by atoms with E-state index < -0.39 is 0 Å². The Morgan fingerprint density at radius 2 is 2.37 bits per heavy atom. The van der Waals surface area contributed by atoms with E-state index in [9.17, 15) is 4.79 Å². The molecule has 2 rings (SSSR count). The maximum absolute atomic E-state index is 11.7. The molecule has 1 aliphatic heterocycles. The third kappa shape index (κ3) is 3.58. The van der Waals surface area contributed by atoms with E-state index in [0.717, 1.165) is 25.3 Å². The average Bonchev–Trinajstić information content (AvgIpc) is 2.44. The highest BCUT2D eigenvalue weighted by atomic mass is 16.5. The van der Waals surface area contributed by atoms with Crippen molar-refractivity contribution in [1.29, 1.82) is 0 Å². The molecule has 0 spiro atoms. The Kier molecular flexibility index (Phi) is 4.58. The summed E-state index contributed by atoms with van der Waals surface area (Å²) in [6, 6.07) is 6.16. The normalized spacial score (nSPS) is 14.6. The fourth-order valence-electron chi connectivity index (χ4n) is 2.30. The van der Waals surface area contributed by atoms with Crippen LogP contribution in [0, 0.1) is 0 Å². The van der Waals surface area contributed by atoms with Gasteiger partial charge >= 0.3 is 0 Å². The molecular weight excluding hydrogens is 240 g/mol. The maximum atomic E-state index is 11.7. The summed E-state index contributed by atoms with van der Waals surface area (Å²) in [7, 11) is 1.67. The van der Waals surface area contributed by atoms with E-state index in [-0.39, 0.29) is 5.91 Å². The van der Waals surface area contributed by atoms with Crippen LogP contribution >= 0.6 is 0 Å². The highest BCUT2D eigenvalue weighted by Crippen LogP contribution is 2.23. The Hall–Kier alpha value is -1.81. The zero-order chi connectivity index (χ0) is 13.7. The third-order valence-electron chi connectivity index (χ3n) is 3.32. The molecule has 0 atom stereocenters. The summed E-state index contributed by atoms with van der Waals surface area (Å²) in [6.45, 7) is 6.26. The fraction of sp³-hybridized carbons (Fsp3) is 0.400. The molecule has 19 heavy (non-hydrogen) atoms. The van der Waals surface area contributed by atoms with Gasteiger partial charge in [-0.05, 0) is 29.7 Å². The number of nitrogens with zero attached hydrogens (tertiary/aromatic N) is 1. The number of fused-ring (bicyclic) bond motifs is 1. The van der Waals surface area contributed by atoms with Crippen LogP contribution in [0.3, 0.4) is 0 Å². The Morgan fingerprint density at radius 3 is 3.11 bits per heavy atom. The minimum absolute atomic E-state index is 0.0475. The van der Waals surface area contributed by atoms with E-state index in [0.29, 0.717) is 13.1 Å². The highest BCUT2D eigenvalue weighted by molar-refractivity contribution is 5.78. The summed E-state index contributed by atoms with van der Waals surface area (Å²) in [5.41, 5.74) is 2.60. The summed E-state index contributed by atoms with van der Waals surface area (Å²) >= 11 is 0. The van der Waals surface area contributed by atoms with Crippen molar-refractivity contribution in [2.75, 3.05) is 26.7 Å². The average molecular weight is 260 g/mol. The van der Waals surface area contributed by atoms with Crippen LogP contribution in [0.2, 0.25) is 0 Å². The van der Waals surface area contributed by atoms with Crippen molar-refractivity contribution in [2.24, 2.45) is 0 Å². The maximum Gasteiger partial charge on any atom is 0.234 e. The van der Waals surface area contributed by atoms with Gasteiger partial charge in [-0.15, -0.1) is 6.58 Å². The number of benzene rings is 1. The Labute approximate surface area is 114 Å². The standard InChI is InChI=1S/C15H20N2O2/c1-3-7-16-15(18)11-17-8-6-12-4-5-14(19-2)9-13(12)10-17/h3-5,9H,1,6-8,10-11H2,2H3,(H,16,18). The van der Waals surface area contributed by atoms with Crippen LogP contribution < -0.4 is 10.1 Å². The Balaban J connectivity index is 1.96. The second-order valence-electron chi connectivity index (χ2n) is 4.69. The summed E-state index contributed by atoms with van der Waals surface area (Å²) in [6.07, 6.45) is 2.67. The van der Waals surface area contributed by atoms with Crippen molar-refractivity contribution in [2.45, 2.75) is 13.0 Å². The molecule has 0 unspecified atom stereocenters. The molecule has 102 valence electrons.